The van der Waals surface area contributed by atoms with Gasteiger partial charge in [0.1, 0.15) is 5.76 Å². The lowest BCUT2D eigenvalue weighted by molar-refractivity contribution is 0.389. The summed E-state index contributed by atoms with van der Waals surface area (Å²) in [5.74, 6) is 2.44. The summed E-state index contributed by atoms with van der Waals surface area (Å²) in [7, 11) is 0. The average molecular weight is 263 g/mol. The standard InChI is InChI=1S/C13H17N3OS/c18-13(16-14-8-11-2-1-5-17-11)15-12-7-9-3-4-10(12)6-9/h1-2,5,8-10,12H,3-4,6-7H2,(H2,15,16,18)/b14-8-/t9-,10+,12+/m0/s1. The number of fused-ring (bicyclic) bond motifs is 2. The Kier molecular flexibility index (Phi) is 3.32. The molecule has 0 saturated heterocycles. The molecule has 0 aromatic carbocycles. The highest BCUT2D eigenvalue weighted by molar-refractivity contribution is 7.80. The van der Waals surface area contributed by atoms with Gasteiger partial charge in [0.25, 0.3) is 0 Å². The molecule has 0 spiro atoms. The molecule has 5 heteroatoms. The van der Waals surface area contributed by atoms with Crippen molar-refractivity contribution in [1.29, 1.82) is 0 Å². The Balaban J connectivity index is 1.45. The number of hydrogen-bond acceptors (Lipinski definition) is 3. The van der Waals surface area contributed by atoms with E-state index in [-0.39, 0.29) is 0 Å². The van der Waals surface area contributed by atoms with Crippen LogP contribution < -0.4 is 10.7 Å². The van der Waals surface area contributed by atoms with Crippen LogP contribution in [-0.2, 0) is 0 Å². The molecule has 2 aliphatic rings. The zero-order valence-corrected chi connectivity index (χ0v) is 11.0. The fourth-order valence-electron chi connectivity index (χ4n) is 3.14. The van der Waals surface area contributed by atoms with E-state index in [9.17, 15) is 0 Å². The maximum Gasteiger partial charge on any atom is 0.187 e. The molecule has 96 valence electrons. The van der Waals surface area contributed by atoms with Crippen molar-refractivity contribution in [3.05, 3.63) is 24.2 Å². The third-order valence-electron chi connectivity index (χ3n) is 3.96. The minimum atomic E-state index is 0.544. The summed E-state index contributed by atoms with van der Waals surface area (Å²) in [6.45, 7) is 0. The van der Waals surface area contributed by atoms with Gasteiger partial charge < -0.3 is 9.73 Å². The van der Waals surface area contributed by atoms with Crippen molar-refractivity contribution in [2.24, 2.45) is 16.9 Å². The number of rotatable bonds is 3. The summed E-state index contributed by atoms with van der Waals surface area (Å²) >= 11 is 5.23. The van der Waals surface area contributed by atoms with Gasteiger partial charge in [0.05, 0.1) is 12.5 Å². The fourth-order valence-corrected chi connectivity index (χ4v) is 3.35. The Hall–Kier alpha value is -1.36. The summed E-state index contributed by atoms with van der Waals surface area (Å²) in [6, 6.07) is 4.22. The lowest BCUT2D eigenvalue weighted by Gasteiger charge is -2.23. The molecule has 0 radical (unpaired) electrons. The first-order valence-electron chi connectivity index (χ1n) is 6.44. The predicted octanol–water partition coefficient (Wildman–Crippen LogP) is 2.27. The first-order chi connectivity index (χ1) is 8.81. The third kappa shape index (κ3) is 2.56. The zero-order valence-electron chi connectivity index (χ0n) is 10.1. The van der Waals surface area contributed by atoms with Gasteiger partial charge in [-0.25, -0.2) is 0 Å². The Bertz CT molecular complexity index is 443. The van der Waals surface area contributed by atoms with Gasteiger partial charge in [-0.2, -0.15) is 5.10 Å². The molecule has 2 bridgehead atoms. The lowest BCUT2D eigenvalue weighted by Crippen LogP contribution is -2.42. The van der Waals surface area contributed by atoms with Crippen molar-refractivity contribution in [1.82, 2.24) is 10.7 Å². The van der Waals surface area contributed by atoms with Crippen LogP contribution in [0.4, 0.5) is 0 Å². The van der Waals surface area contributed by atoms with Gasteiger partial charge in [-0.3, -0.25) is 5.43 Å². The molecule has 0 aliphatic heterocycles. The molecule has 2 fully saturated rings. The Morgan fingerprint density at radius 2 is 2.39 bits per heavy atom. The highest BCUT2D eigenvalue weighted by atomic mass is 32.1. The van der Waals surface area contributed by atoms with E-state index in [1.54, 1.807) is 12.5 Å². The van der Waals surface area contributed by atoms with Gasteiger partial charge in [0.15, 0.2) is 5.11 Å². The monoisotopic (exact) mass is 263 g/mol. The fraction of sp³-hybridized carbons (Fsp3) is 0.538. The molecule has 4 nitrogen and oxygen atoms in total. The Morgan fingerprint density at radius 3 is 3.06 bits per heavy atom. The van der Waals surface area contributed by atoms with Crippen molar-refractivity contribution in [3.8, 4) is 0 Å². The van der Waals surface area contributed by atoms with Crippen molar-refractivity contribution >= 4 is 23.5 Å². The Morgan fingerprint density at radius 1 is 1.44 bits per heavy atom. The van der Waals surface area contributed by atoms with Gasteiger partial charge in [-0.05, 0) is 55.4 Å². The molecule has 1 heterocycles. The van der Waals surface area contributed by atoms with Gasteiger partial charge >= 0.3 is 0 Å². The molecular weight excluding hydrogens is 246 g/mol. The largest absolute Gasteiger partial charge is 0.463 e. The molecule has 3 atom stereocenters. The van der Waals surface area contributed by atoms with E-state index in [0.29, 0.717) is 16.9 Å². The van der Waals surface area contributed by atoms with Crippen LogP contribution in [0.3, 0.4) is 0 Å². The van der Waals surface area contributed by atoms with Crippen LogP contribution in [0, 0.1) is 11.8 Å². The van der Waals surface area contributed by atoms with Crippen molar-refractivity contribution in [2.45, 2.75) is 31.7 Å². The van der Waals surface area contributed by atoms with Crippen molar-refractivity contribution in [3.63, 3.8) is 0 Å². The van der Waals surface area contributed by atoms with E-state index in [1.807, 2.05) is 12.1 Å². The van der Waals surface area contributed by atoms with Crippen LogP contribution in [0.15, 0.2) is 27.9 Å². The summed E-state index contributed by atoms with van der Waals surface area (Å²) in [5.41, 5.74) is 2.84. The molecule has 1 aromatic rings. The van der Waals surface area contributed by atoms with Gasteiger partial charge in [-0.1, -0.05) is 6.42 Å². The van der Waals surface area contributed by atoms with Gasteiger partial charge in [-0.15, -0.1) is 0 Å². The van der Waals surface area contributed by atoms with Gasteiger partial charge in [0.2, 0.25) is 0 Å². The molecule has 1 aromatic heterocycles. The first kappa shape index (κ1) is 11.7. The smallest absolute Gasteiger partial charge is 0.187 e. The molecule has 2 N–H and O–H groups in total. The number of thiocarbonyl (C=S) groups is 1. The van der Waals surface area contributed by atoms with Crippen LogP contribution >= 0.6 is 12.2 Å². The van der Waals surface area contributed by atoms with E-state index in [2.05, 4.69) is 15.8 Å². The summed E-state index contributed by atoms with van der Waals surface area (Å²) in [5, 5.41) is 8.02. The second-order valence-electron chi connectivity index (χ2n) is 5.14. The first-order valence-corrected chi connectivity index (χ1v) is 6.85. The number of nitrogens with zero attached hydrogens (tertiary/aromatic N) is 1. The van der Waals surface area contributed by atoms with E-state index in [4.69, 9.17) is 16.6 Å². The van der Waals surface area contributed by atoms with Crippen LogP contribution in [0.1, 0.15) is 31.4 Å². The number of hydrazone groups is 1. The van der Waals surface area contributed by atoms with Crippen molar-refractivity contribution in [2.75, 3.05) is 0 Å². The molecule has 18 heavy (non-hydrogen) atoms. The quantitative estimate of drug-likeness (QED) is 0.499. The van der Waals surface area contributed by atoms with E-state index >= 15 is 0 Å². The van der Waals surface area contributed by atoms with Crippen molar-refractivity contribution < 1.29 is 4.42 Å². The normalized spacial score (nSPS) is 29.9. The maximum atomic E-state index is 5.23. The van der Waals surface area contributed by atoms with E-state index < -0.39 is 0 Å². The summed E-state index contributed by atoms with van der Waals surface area (Å²) in [6.07, 6.45) is 8.62. The van der Waals surface area contributed by atoms with Crippen LogP contribution in [-0.4, -0.2) is 17.4 Å². The molecule has 3 rings (SSSR count). The Labute approximate surface area is 112 Å². The second-order valence-corrected chi connectivity index (χ2v) is 5.55. The summed E-state index contributed by atoms with van der Waals surface area (Å²) < 4.78 is 5.14. The predicted molar refractivity (Wildman–Crippen MR) is 74.4 cm³/mol. The highest BCUT2D eigenvalue weighted by Gasteiger charge is 2.39. The molecule has 2 saturated carbocycles. The minimum Gasteiger partial charge on any atom is -0.463 e. The van der Waals surface area contributed by atoms with Crippen LogP contribution in [0.2, 0.25) is 0 Å². The number of hydrogen-bond donors (Lipinski definition) is 2. The molecule has 0 amide bonds. The number of nitrogens with one attached hydrogen (secondary N) is 2. The zero-order chi connectivity index (χ0) is 12.4. The van der Waals surface area contributed by atoms with Crippen LogP contribution in [0.25, 0.3) is 0 Å². The minimum absolute atomic E-state index is 0.544. The second kappa shape index (κ2) is 5.10. The molecule has 2 aliphatic carbocycles. The summed E-state index contributed by atoms with van der Waals surface area (Å²) in [4.78, 5) is 0. The average Bonchev–Trinajstić information content (AvgIpc) is 3.04. The topological polar surface area (TPSA) is 49.6 Å². The highest BCUT2D eigenvalue weighted by Crippen LogP contribution is 2.44. The van der Waals surface area contributed by atoms with E-state index in [0.717, 1.165) is 11.8 Å². The third-order valence-corrected chi connectivity index (χ3v) is 4.16. The molecule has 0 unspecified atom stereocenters. The molecular formula is C13H17N3OS. The van der Waals surface area contributed by atoms with Crippen LogP contribution in [0.5, 0.6) is 0 Å². The maximum absolute atomic E-state index is 5.23. The SMILES string of the molecule is S=C(N/N=C\c1ccco1)N[C@@H]1C[C@H]2CC[C@@H]1C2. The van der Waals surface area contributed by atoms with E-state index in [1.165, 1.54) is 25.7 Å². The lowest BCUT2D eigenvalue weighted by atomic mass is 9.96. The van der Waals surface area contributed by atoms with Gasteiger partial charge in [0, 0.05) is 6.04 Å². The number of furan rings is 1.